The number of thioether (sulfide) groups is 2. The molecule has 0 unspecified atom stereocenters. The predicted octanol–water partition coefficient (Wildman–Crippen LogP) is 3.80. The van der Waals surface area contributed by atoms with Crippen molar-refractivity contribution in [1.82, 2.24) is 15.5 Å². The van der Waals surface area contributed by atoms with Crippen molar-refractivity contribution >= 4 is 40.8 Å². The fourth-order valence-electron chi connectivity index (χ4n) is 1.82. The molecule has 0 radical (unpaired) electrons. The number of rotatable bonds is 8. The Kier molecular flexibility index (Phi) is 6.33. The maximum atomic E-state index is 11.8. The number of nitrogens with one attached hydrogen (secondary N) is 1. The molecule has 0 bridgehead atoms. The molecule has 0 spiro atoms. The smallest absolute Gasteiger partial charge is 0.277 e. The van der Waals surface area contributed by atoms with E-state index in [1.165, 1.54) is 28.0 Å². The number of thiophene rings is 1. The number of hydrogen-bond acceptors (Lipinski definition) is 7. The van der Waals surface area contributed by atoms with E-state index in [2.05, 4.69) is 27.6 Å². The molecule has 1 amide bonds. The van der Waals surface area contributed by atoms with Gasteiger partial charge in [-0.15, -0.1) is 33.3 Å². The van der Waals surface area contributed by atoms with Gasteiger partial charge < -0.3 is 9.73 Å². The molecule has 5 nitrogen and oxygen atoms in total. The minimum absolute atomic E-state index is 0.0375. The van der Waals surface area contributed by atoms with Crippen molar-refractivity contribution in [3.63, 3.8) is 0 Å². The van der Waals surface area contributed by atoms with E-state index >= 15 is 0 Å². The average Bonchev–Trinajstić information content (AvgIpc) is 3.29. The van der Waals surface area contributed by atoms with E-state index < -0.39 is 0 Å². The van der Waals surface area contributed by atoms with Crippen molar-refractivity contribution in [2.24, 2.45) is 0 Å². The fourth-order valence-corrected chi connectivity index (χ4v) is 3.85. The molecule has 0 atom stereocenters. The molecular weight excluding hydrogens is 362 g/mol. The van der Waals surface area contributed by atoms with Crippen LogP contribution in [-0.2, 0) is 4.79 Å². The van der Waals surface area contributed by atoms with Crippen LogP contribution >= 0.6 is 34.9 Å². The molecular formula is C16H15N3O2S3. The lowest BCUT2D eigenvalue weighted by molar-refractivity contribution is -0.118. The van der Waals surface area contributed by atoms with E-state index in [1.807, 2.05) is 35.7 Å². The lowest BCUT2D eigenvalue weighted by atomic mass is 10.4. The van der Waals surface area contributed by atoms with Gasteiger partial charge in [-0.05, 0) is 23.6 Å². The zero-order valence-electron chi connectivity index (χ0n) is 12.7. The second-order valence-electron chi connectivity index (χ2n) is 4.65. The minimum Gasteiger partial charge on any atom is -0.410 e. The van der Waals surface area contributed by atoms with Gasteiger partial charge in [0.05, 0.1) is 10.6 Å². The molecule has 0 aliphatic carbocycles. The Morgan fingerprint density at radius 2 is 2.00 bits per heavy atom. The molecule has 0 saturated carbocycles. The lowest BCUT2D eigenvalue weighted by Gasteiger charge is -2.04. The van der Waals surface area contributed by atoms with Crippen molar-refractivity contribution in [3.8, 4) is 10.8 Å². The van der Waals surface area contributed by atoms with Gasteiger partial charge in [0.2, 0.25) is 5.91 Å². The number of benzene rings is 1. The van der Waals surface area contributed by atoms with Gasteiger partial charge in [-0.1, -0.05) is 36.0 Å². The Labute approximate surface area is 152 Å². The maximum Gasteiger partial charge on any atom is 0.277 e. The lowest BCUT2D eigenvalue weighted by Crippen LogP contribution is -2.27. The molecule has 1 aromatic carbocycles. The van der Waals surface area contributed by atoms with Gasteiger partial charge >= 0.3 is 0 Å². The van der Waals surface area contributed by atoms with Crippen LogP contribution in [0.4, 0.5) is 0 Å². The van der Waals surface area contributed by atoms with E-state index in [4.69, 9.17) is 4.42 Å². The van der Waals surface area contributed by atoms with Gasteiger partial charge in [-0.2, -0.15) is 0 Å². The first kappa shape index (κ1) is 17.1. The summed E-state index contributed by atoms with van der Waals surface area (Å²) in [4.78, 5) is 14.0. The normalized spacial score (nSPS) is 10.7. The second kappa shape index (κ2) is 8.91. The minimum atomic E-state index is -0.0375. The number of carbonyl (C=O) groups excluding carboxylic acids is 1. The third kappa shape index (κ3) is 5.12. The molecule has 24 heavy (non-hydrogen) atoms. The highest BCUT2D eigenvalue weighted by Gasteiger charge is 2.11. The number of nitrogens with zero attached hydrogens (tertiary/aromatic N) is 2. The van der Waals surface area contributed by atoms with Crippen molar-refractivity contribution in [1.29, 1.82) is 0 Å². The highest BCUT2D eigenvalue weighted by molar-refractivity contribution is 7.99. The van der Waals surface area contributed by atoms with Crippen LogP contribution in [0, 0.1) is 0 Å². The molecule has 2 aromatic heterocycles. The predicted molar refractivity (Wildman–Crippen MR) is 98.5 cm³/mol. The molecule has 8 heteroatoms. The van der Waals surface area contributed by atoms with Crippen LogP contribution < -0.4 is 5.32 Å². The van der Waals surface area contributed by atoms with Crippen molar-refractivity contribution < 1.29 is 9.21 Å². The molecule has 3 rings (SSSR count). The maximum absolute atomic E-state index is 11.8. The number of hydrogen-bond donors (Lipinski definition) is 1. The fraction of sp³-hybridized carbons (Fsp3) is 0.188. The van der Waals surface area contributed by atoms with Crippen LogP contribution in [0.2, 0.25) is 0 Å². The summed E-state index contributed by atoms with van der Waals surface area (Å²) in [6.07, 6.45) is 0. The summed E-state index contributed by atoms with van der Waals surface area (Å²) in [5, 5.41) is 13.2. The van der Waals surface area contributed by atoms with Gasteiger partial charge in [-0.25, -0.2) is 0 Å². The molecule has 0 fully saturated rings. The monoisotopic (exact) mass is 377 g/mol. The average molecular weight is 378 g/mol. The first-order chi connectivity index (χ1) is 11.8. The van der Waals surface area contributed by atoms with Crippen molar-refractivity contribution in [3.05, 3.63) is 47.8 Å². The third-order valence-corrected chi connectivity index (χ3v) is 5.59. The Balaban J connectivity index is 1.35. The summed E-state index contributed by atoms with van der Waals surface area (Å²) in [5.74, 6) is 1.56. The van der Waals surface area contributed by atoms with Crippen LogP contribution in [0.1, 0.15) is 0 Å². The number of amides is 1. The molecule has 0 aliphatic heterocycles. The van der Waals surface area contributed by atoms with E-state index in [0.29, 0.717) is 17.7 Å². The largest absolute Gasteiger partial charge is 0.410 e. The Morgan fingerprint density at radius 3 is 2.79 bits per heavy atom. The van der Waals surface area contributed by atoms with E-state index in [-0.39, 0.29) is 11.7 Å². The molecule has 3 aromatic rings. The standard InChI is InChI=1S/C16H15N3O2S3/c20-14(17-8-10-22-12-5-2-1-3-6-12)11-24-16-19-18-15(21-16)13-7-4-9-23-13/h1-7,9H,8,10-11H2,(H,17,20). The Hall–Kier alpha value is -1.77. The van der Waals surface area contributed by atoms with Gasteiger partial charge in [0.25, 0.3) is 11.1 Å². The van der Waals surface area contributed by atoms with E-state index in [0.717, 1.165) is 10.6 Å². The van der Waals surface area contributed by atoms with Gasteiger partial charge in [0, 0.05) is 17.2 Å². The highest BCUT2D eigenvalue weighted by Crippen LogP contribution is 2.26. The molecule has 2 heterocycles. The quantitative estimate of drug-likeness (QED) is 0.476. The molecule has 0 aliphatic rings. The van der Waals surface area contributed by atoms with Gasteiger partial charge in [-0.3, -0.25) is 4.79 Å². The summed E-state index contributed by atoms with van der Waals surface area (Å²) >= 11 is 4.50. The summed E-state index contributed by atoms with van der Waals surface area (Å²) in [7, 11) is 0. The summed E-state index contributed by atoms with van der Waals surface area (Å²) in [5.41, 5.74) is 0. The van der Waals surface area contributed by atoms with E-state index in [1.54, 1.807) is 11.8 Å². The zero-order valence-corrected chi connectivity index (χ0v) is 15.1. The van der Waals surface area contributed by atoms with Crippen LogP contribution in [0.5, 0.6) is 0 Å². The summed E-state index contributed by atoms with van der Waals surface area (Å²) < 4.78 is 5.53. The second-order valence-corrected chi connectivity index (χ2v) is 7.69. The first-order valence-electron chi connectivity index (χ1n) is 7.26. The van der Waals surface area contributed by atoms with Crippen LogP contribution in [0.15, 0.2) is 62.4 Å². The van der Waals surface area contributed by atoms with Gasteiger partial charge in [0.15, 0.2) is 0 Å². The topological polar surface area (TPSA) is 68.0 Å². The molecule has 0 saturated heterocycles. The van der Waals surface area contributed by atoms with Gasteiger partial charge in [0.1, 0.15) is 0 Å². The summed E-state index contributed by atoms with van der Waals surface area (Å²) in [6, 6.07) is 14.0. The highest BCUT2D eigenvalue weighted by atomic mass is 32.2. The van der Waals surface area contributed by atoms with Crippen molar-refractivity contribution in [2.45, 2.75) is 10.1 Å². The van der Waals surface area contributed by atoms with Crippen LogP contribution in [0.3, 0.4) is 0 Å². The summed E-state index contributed by atoms with van der Waals surface area (Å²) in [6.45, 7) is 0.628. The molecule has 1 N–H and O–H groups in total. The zero-order chi connectivity index (χ0) is 16.6. The Morgan fingerprint density at radius 1 is 1.12 bits per heavy atom. The van der Waals surface area contributed by atoms with Crippen LogP contribution in [0.25, 0.3) is 10.8 Å². The number of aromatic nitrogens is 2. The Bertz CT molecular complexity index is 760. The number of carbonyl (C=O) groups is 1. The van der Waals surface area contributed by atoms with E-state index in [9.17, 15) is 4.79 Å². The SMILES string of the molecule is O=C(CSc1nnc(-c2cccs2)o1)NCCSc1ccccc1. The van der Waals surface area contributed by atoms with Crippen LogP contribution in [-0.4, -0.2) is 34.2 Å². The first-order valence-corrected chi connectivity index (χ1v) is 10.1. The van der Waals surface area contributed by atoms with Crippen molar-refractivity contribution in [2.75, 3.05) is 18.1 Å². The third-order valence-electron chi connectivity index (χ3n) is 2.90. The molecule has 124 valence electrons.